The average Bonchev–Trinajstić information content (AvgIpc) is 3.10. The van der Waals surface area contributed by atoms with Crippen molar-refractivity contribution in [2.24, 2.45) is 0 Å². The normalized spacial score (nSPS) is 16.3. The summed E-state index contributed by atoms with van der Waals surface area (Å²) in [7, 11) is 1.51. The van der Waals surface area contributed by atoms with Crippen LogP contribution in [0.15, 0.2) is 29.2 Å². The quantitative estimate of drug-likeness (QED) is 0.626. The molecule has 9 heteroatoms. The third-order valence-corrected chi connectivity index (χ3v) is 5.74. The third-order valence-electron chi connectivity index (χ3n) is 5.74. The van der Waals surface area contributed by atoms with Gasteiger partial charge in [0.2, 0.25) is 0 Å². The summed E-state index contributed by atoms with van der Waals surface area (Å²) in [5.74, 6) is -5.48. The zero-order valence-corrected chi connectivity index (χ0v) is 16.3. The first-order valence-electron chi connectivity index (χ1n) is 9.43. The molecule has 158 valence electrons. The topological polar surface area (TPSA) is 69.0 Å². The van der Waals surface area contributed by atoms with E-state index >= 15 is 0 Å². The molecule has 1 aromatic carbocycles. The number of aryl methyl sites for hydroxylation is 1. The lowest BCUT2D eigenvalue weighted by Crippen LogP contribution is -2.30. The summed E-state index contributed by atoms with van der Waals surface area (Å²) in [6.07, 6.45) is 0.827. The molecule has 0 bridgehead atoms. The van der Waals surface area contributed by atoms with Gasteiger partial charge in [-0.2, -0.15) is 0 Å². The van der Waals surface area contributed by atoms with Crippen LogP contribution in [0.25, 0.3) is 10.8 Å². The minimum atomic E-state index is -2.79. The van der Waals surface area contributed by atoms with Crippen molar-refractivity contribution in [3.63, 3.8) is 0 Å². The number of fused-ring (bicyclic) bond motifs is 2. The van der Waals surface area contributed by atoms with Crippen LogP contribution in [-0.4, -0.2) is 33.7 Å². The fraction of sp³-hybridized carbons (Fsp3) is 0.333. The van der Waals surface area contributed by atoms with Gasteiger partial charge in [0.15, 0.2) is 11.6 Å². The Morgan fingerprint density at radius 3 is 2.53 bits per heavy atom. The molecule has 2 N–H and O–H groups in total. The highest BCUT2D eigenvalue weighted by molar-refractivity contribution is 5.94. The summed E-state index contributed by atoms with van der Waals surface area (Å²) in [5.41, 5.74) is 1.06. The molecule has 1 aliphatic carbocycles. The van der Waals surface area contributed by atoms with Crippen LogP contribution >= 0.6 is 0 Å². The van der Waals surface area contributed by atoms with E-state index < -0.39 is 41.5 Å². The highest BCUT2D eigenvalue weighted by Gasteiger charge is 2.36. The number of rotatable bonds is 3. The lowest BCUT2D eigenvalue weighted by atomic mass is 9.94. The summed E-state index contributed by atoms with van der Waals surface area (Å²) >= 11 is 0. The first kappa shape index (κ1) is 20.2. The van der Waals surface area contributed by atoms with E-state index in [1.54, 1.807) is 6.92 Å². The van der Waals surface area contributed by atoms with Crippen LogP contribution in [0.4, 0.5) is 17.6 Å². The summed E-state index contributed by atoms with van der Waals surface area (Å²) in [6.45, 7) is 1.67. The molecule has 0 spiro atoms. The van der Waals surface area contributed by atoms with Gasteiger partial charge in [0.1, 0.15) is 5.69 Å². The molecule has 0 radical (unpaired) electrons. The number of amides is 1. The van der Waals surface area contributed by atoms with Gasteiger partial charge in [-0.05, 0) is 48.1 Å². The smallest absolute Gasteiger partial charge is 0.270 e. The van der Waals surface area contributed by atoms with Gasteiger partial charge >= 0.3 is 0 Å². The Balaban J connectivity index is 1.68. The lowest BCUT2D eigenvalue weighted by molar-refractivity contribution is -0.0124. The number of hydrogen-bond acceptors (Lipinski definition) is 2. The average molecular weight is 421 g/mol. The Kier molecular flexibility index (Phi) is 4.71. The van der Waals surface area contributed by atoms with Gasteiger partial charge in [-0.15, -0.1) is 0 Å². The van der Waals surface area contributed by atoms with Crippen LogP contribution in [0, 0.1) is 11.6 Å². The van der Waals surface area contributed by atoms with E-state index in [0.717, 1.165) is 12.1 Å². The first-order chi connectivity index (χ1) is 14.1. The molecular weight excluding hydrogens is 402 g/mol. The molecule has 0 saturated heterocycles. The molecule has 1 aliphatic rings. The van der Waals surface area contributed by atoms with Gasteiger partial charge in [-0.1, -0.05) is 0 Å². The minimum Gasteiger partial charge on any atom is -0.354 e. The van der Waals surface area contributed by atoms with Crippen molar-refractivity contribution in [1.82, 2.24) is 14.9 Å². The summed E-state index contributed by atoms with van der Waals surface area (Å²) in [6, 6.07) is 2.57. The largest absolute Gasteiger partial charge is 0.354 e. The molecule has 5 nitrogen and oxygen atoms in total. The van der Waals surface area contributed by atoms with Crippen LogP contribution < -0.4 is 5.56 Å². The van der Waals surface area contributed by atoms with Gasteiger partial charge in [0.25, 0.3) is 17.4 Å². The Bertz CT molecular complexity index is 1210. The van der Waals surface area contributed by atoms with Crippen molar-refractivity contribution in [2.75, 3.05) is 7.05 Å². The molecule has 4 rings (SSSR count). The molecule has 2 heterocycles. The highest BCUT2D eigenvalue weighted by atomic mass is 19.3. The number of halogens is 4. The third kappa shape index (κ3) is 3.38. The molecule has 0 aliphatic heterocycles. The standard InChI is InChI=1S/C21H19F4N3O2/c1-10(14-9-26-19(29)13-7-16(23)15(22)6-12(13)14)28(2)20(30)18-5-11-8-21(24,25)4-3-17(11)27-18/h5-7,9-10,27H,3-4,8H2,1-2H3,(H,26,29)/t10-/m1/s1. The number of aromatic amines is 2. The molecule has 0 unspecified atom stereocenters. The predicted molar refractivity (Wildman–Crippen MR) is 103 cm³/mol. The van der Waals surface area contributed by atoms with E-state index in [2.05, 4.69) is 9.97 Å². The van der Waals surface area contributed by atoms with Crippen molar-refractivity contribution in [3.05, 3.63) is 68.9 Å². The van der Waals surface area contributed by atoms with Crippen molar-refractivity contribution < 1.29 is 22.4 Å². The van der Waals surface area contributed by atoms with E-state index in [4.69, 9.17) is 0 Å². The number of hydrogen-bond donors (Lipinski definition) is 2. The van der Waals surface area contributed by atoms with E-state index in [1.807, 2.05) is 0 Å². The number of nitrogens with one attached hydrogen (secondary N) is 2. The number of benzene rings is 1. The fourth-order valence-corrected chi connectivity index (χ4v) is 3.90. The first-order valence-corrected chi connectivity index (χ1v) is 9.43. The van der Waals surface area contributed by atoms with Crippen molar-refractivity contribution in [2.45, 2.75) is 38.2 Å². The summed E-state index contributed by atoms with van der Waals surface area (Å²) in [5, 5.41) is 0.159. The van der Waals surface area contributed by atoms with Gasteiger partial charge < -0.3 is 14.9 Å². The van der Waals surface area contributed by atoms with Gasteiger partial charge in [-0.25, -0.2) is 17.6 Å². The van der Waals surface area contributed by atoms with E-state index in [0.29, 0.717) is 16.8 Å². The SMILES string of the molecule is C[C@H](c1c[nH]c(=O)c2cc(F)c(F)cc12)N(C)C(=O)c1cc2c([nH]1)CCC(F)(F)C2. The lowest BCUT2D eigenvalue weighted by Gasteiger charge is -2.26. The maximum absolute atomic E-state index is 13.8. The zero-order chi connectivity index (χ0) is 21.8. The second-order valence-electron chi connectivity index (χ2n) is 7.70. The van der Waals surface area contributed by atoms with Crippen LogP contribution in [0.2, 0.25) is 0 Å². The summed E-state index contributed by atoms with van der Waals surface area (Å²) in [4.78, 5) is 31.7. The Morgan fingerprint density at radius 2 is 1.83 bits per heavy atom. The maximum atomic E-state index is 13.8. The molecule has 2 aromatic heterocycles. The Morgan fingerprint density at radius 1 is 1.17 bits per heavy atom. The molecule has 3 aromatic rings. The zero-order valence-electron chi connectivity index (χ0n) is 16.3. The van der Waals surface area contributed by atoms with Crippen molar-refractivity contribution in [3.8, 4) is 0 Å². The molecule has 30 heavy (non-hydrogen) atoms. The second kappa shape index (κ2) is 7.00. The summed E-state index contributed by atoms with van der Waals surface area (Å²) < 4.78 is 54.7. The van der Waals surface area contributed by atoms with Crippen LogP contribution in [0.5, 0.6) is 0 Å². The highest BCUT2D eigenvalue weighted by Crippen LogP contribution is 2.34. The van der Waals surface area contributed by atoms with Gasteiger partial charge in [0.05, 0.1) is 11.4 Å². The number of H-pyrrole nitrogens is 2. The second-order valence-corrected chi connectivity index (χ2v) is 7.70. The van der Waals surface area contributed by atoms with Crippen LogP contribution in [0.1, 0.15) is 46.7 Å². The van der Waals surface area contributed by atoms with Crippen LogP contribution in [0.3, 0.4) is 0 Å². The molecular formula is C21H19F4N3O2. The van der Waals surface area contributed by atoms with Gasteiger partial charge in [-0.3, -0.25) is 9.59 Å². The van der Waals surface area contributed by atoms with Crippen molar-refractivity contribution >= 4 is 16.7 Å². The number of pyridine rings is 1. The van der Waals surface area contributed by atoms with E-state index in [1.165, 1.54) is 24.2 Å². The predicted octanol–water partition coefficient (Wildman–Crippen LogP) is 4.09. The number of aromatic nitrogens is 2. The monoisotopic (exact) mass is 421 g/mol. The number of carbonyl (C=O) groups excluding carboxylic acids is 1. The van der Waals surface area contributed by atoms with Crippen LogP contribution in [-0.2, 0) is 12.8 Å². The maximum Gasteiger partial charge on any atom is 0.270 e. The number of nitrogens with zero attached hydrogens (tertiary/aromatic N) is 1. The molecule has 0 saturated carbocycles. The minimum absolute atomic E-state index is 0.0309. The Hall–Kier alpha value is -3.10. The van der Waals surface area contributed by atoms with Gasteiger partial charge in [0, 0.05) is 31.8 Å². The number of alkyl halides is 2. The van der Waals surface area contributed by atoms with Crippen molar-refractivity contribution in [1.29, 1.82) is 0 Å². The molecule has 0 fully saturated rings. The van der Waals surface area contributed by atoms with E-state index in [-0.39, 0.29) is 29.3 Å². The Labute approximate surface area is 168 Å². The van der Waals surface area contributed by atoms with E-state index in [9.17, 15) is 27.2 Å². The fourth-order valence-electron chi connectivity index (χ4n) is 3.90. The molecule has 1 amide bonds. The number of carbonyl (C=O) groups is 1. The molecule has 1 atom stereocenters.